The summed E-state index contributed by atoms with van der Waals surface area (Å²) in [5.41, 5.74) is 1.03. The minimum Gasteiger partial charge on any atom is -0.299 e. The molecule has 0 saturated carbocycles. The van der Waals surface area contributed by atoms with Crippen LogP contribution < -0.4 is 5.32 Å². The first-order valence-electron chi connectivity index (χ1n) is 8.66. The highest BCUT2D eigenvalue weighted by Gasteiger charge is 2.23. The maximum Gasteiger partial charge on any atom is 0.251 e. The van der Waals surface area contributed by atoms with Crippen molar-refractivity contribution in [3.05, 3.63) is 47.2 Å². The van der Waals surface area contributed by atoms with Crippen LogP contribution in [0.4, 0.5) is 5.13 Å². The summed E-state index contributed by atoms with van der Waals surface area (Å²) in [7, 11) is 0. The van der Waals surface area contributed by atoms with E-state index in [1.54, 1.807) is 0 Å². The van der Waals surface area contributed by atoms with Crippen LogP contribution in [-0.4, -0.2) is 36.3 Å². The Bertz CT molecular complexity index is 804. The molecule has 1 atom stereocenters. The molecule has 1 unspecified atom stereocenters. The molecule has 26 heavy (non-hydrogen) atoms. The van der Waals surface area contributed by atoms with Crippen molar-refractivity contribution >= 4 is 22.4 Å². The summed E-state index contributed by atoms with van der Waals surface area (Å²) >= 11 is 1.42. The molecule has 0 fully saturated rings. The van der Waals surface area contributed by atoms with Gasteiger partial charge >= 0.3 is 0 Å². The van der Waals surface area contributed by atoms with Gasteiger partial charge in [-0.3, -0.25) is 10.1 Å². The predicted octanol–water partition coefficient (Wildman–Crippen LogP) is 2.68. The fourth-order valence-corrected chi connectivity index (χ4v) is 3.36. The number of hydrogen-bond donors (Lipinski definition) is 1. The molecule has 9 heteroatoms. The molecule has 1 amide bonds. The number of carbonyl (C=O) groups is 1. The Kier molecular flexibility index (Phi) is 6.37. The average molecular weight is 371 g/mol. The fraction of sp³-hybridized carbons (Fsp3) is 0.412. The van der Waals surface area contributed by atoms with Gasteiger partial charge in [0.2, 0.25) is 5.13 Å². The first-order valence-corrected chi connectivity index (χ1v) is 9.47. The molecule has 1 N–H and O–H groups in total. The van der Waals surface area contributed by atoms with E-state index in [9.17, 15) is 4.79 Å². The van der Waals surface area contributed by atoms with Crippen LogP contribution in [-0.2, 0) is 17.6 Å². The Morgan fingerprint density at radius 3 is 2.81 bits per heavy atom. The number of benzene rings is 1. The van der Waals surface area contributed by atoms with Gasteiger partial charge in [-0.25, -0.2) is 4.68 Å². The molecule has 0 bridgehead atoms. The molecule has 3 rings (SSSR count). The highest BCUT2D eigenvalue weighted by molar-refractivity contribution is 7.15. The number of unbranched alkanes of at least 4 members (excludes halogenated alkanes) is 2. The van der Waals surface area contributed by atoms with Crippen molar-refractivity contribution in [2.75, 3.05) is 5.32 Å². The van der Waals surface area contributed by atoms with Gasteiger partial charge in [-0.05, 0) is 22.4 Å². The van der Waals surface area contributed by atoms with Gasteiger partial charge in [0.1, 0.15) is 17.4 Å². The van der Waals surface area contributed by atoms with Crippen LogP contribution >= 0.6 is 11.3 Å². The summed E-state index contributed by atoms with van der Waals surface area (Å²) in [5.74, 6) is -0.211. The summed E-state index contributed by atoms with van der Waals surface area (Å²) < 4.78 is 1.46. The zero-order valence-electron chi connectivity index (χ0n) is 14.6. The monoisotopic (exact) mass is 371 g/mol. The number of aryl methyl sites for hydroxylation is 1. The molecule has 0 aliphatic carbocycles. The number of anilines is 1. The molecule has 0 aliphatic rings. The van der Waals surface area contributed by atoms with Gasteiger partial charge in [0, 0.05) is 12.8 Å². The van der Waals surface area contributed by atoms with Crippen molar-refractivity contribution in [1.82, 2.24) is 30.4 Å². The Morgan fingerprint density at radius 1 is 1.23 bits per heavy atom. The number of nitrogens with zero attached hydrogens (tertiary/aromatic N) is 6. The maximum absolute atomic E-state index is 12.8. The number of hydrogen-bond acceptors (Lipinski definition) is 7. The lowest BCUT2D eigenvalue weighted by atomic mass is 10.1. The third-order valence-electron chi connectivity index (χ3n) is 3.95. The molecule has 8 nitrogen and oxygen atoms in total. The lowest BCUT2D eigenvalue weighted by Crippen LogP contribution is -2.28. The van der Waals surface area contributed by atoms with Gasteiger partial charge in [0.15, 0.2) is 0 Å². The number of amides is 1. The van der Waals surface area contributed by atoms with Crippen LogP contribution in [0.1, 0.15) is 42.8 Å². The van der Waals surface area contributed by atoms with E-state index in [0.717, 1.165) is 29.8 Å². The van der Waals surface area contributed by atoms with E-state index in [1.165, 1.54) is 28.8 Å². The van der Waals surface area contributed by atoms with Crippen LogP contribution in [0.5, 0.6) is 0 Å². The molecule has 2 aromatic heterocycles. The van der Waals surface area contributed by atoms with E-state index in [0.29, 0.717) is 11.6 Å². The van der Waals surface area contributed by atoms with Crippen molar-refractivity contribution in [1.29, 1.82) is 0 Å². The Labute approximate surface area is 155 Å². The lowest BCUT2D eigenvalue weighted by Gasteiger charge is -2.15. The van der Waals surface area contributed by atoms with Crippen molar-refractivity contribution in [2.24, 2.45) is 0 Å². The fourth-order valence-electron chi connectivity index (χ4n) is 2.57. The van der Waals surface area contributed by atoms with Crippen LogP contribution in [0, 0.1) is 0 Å². The quantitative estimate of drug-likeness (QED) is 0.581. The second-order valence-corrected chi connectivity index (χ2v) is 7.00. The first kappa shape index (κ1) is 18.1. The Morgan fingerprint density at radius 2 is 2.08 bits per heavy atom. The van der Waals surface area contributed by atoms with Crippen molar-refractivity contribution in [2.45, 2.75) is 45.1 Å². The van der Waals surface area contributed by atoms with Gasteiger partial charge in [0.05, 0.1) is 0 Å². The summed E-state index contributed by atoms with van der Waals surface area (Å²) in [6.45, 7) is 2.16. The molecule has 0 spiro atoms. The zero-order chi connectivity index (χ0) is 18.2. The minimum absolute atomic E-state index is 0.211. The Hall–Kier alpha value is -2.68. The third-order valence-corrected chi connectivity index (χ3v) is 4.85. The lowest BCUT2D eigenvalue weighted by molar-refractivity contribution is -0.119. The number of rotatable bonds is 9. The number of nitrogens with one attached hydrogen (secondary N) is 1. The largest absolute Gasteiger partial charge is 0.299 e. The number of aromatic nitrogens is 6. The summed E-state index contributed by atoms with van der Waals surface area (Å²) in [5, 5.41) is 23.7. The topological polar surface area (TPSA) is 98.5 Å². The van der Waals surface area contributed by atoms with Gasteiger partial charge in [0.25, 0.3) is 5.91 Å². The van der Waals surface area contributed by atoms with Gasteiger partial charge < -0.3 is 0 Å². The van der Waals surface area contributed by atoms with Crippen LogP contribution in [0.2, 0.25) is 0 Å². The van der Waals surface area contributed by atoms with Crippen molar-refractivity contribution in [3.63, 3.8) is 0 Å². The highest BCUT2D eigenvalue weighted by atomic mass is 32.1. The minimum atomic E-state index is -0.556. The molecule has 2 heterocycles. The summed E-state index contributed by atoms with van der Waals surface area (Å²) in [4.78, 5) is 12.8. The van der Waals surface area contributed by atoms with Crippen LogP contribution in [0.3, 0.4) is 0 Å². The van der Waals surface area contributed by atoms with Gasteiger partial charge in [-0.1, -0.05) is 61.4 Å². The van der Waals surface area contributed by atoms with E-state index >= 15 is 0 Å². The van der Waals surface area contributed by atoms with Crippen LogP contribution in [0.15, 0.2) is 36.7 Å². The second-order valence-electron chi connectivity index (χ2n) is 5.94. The molecule has 3 aromatic rings. The molecular weight excluding hydrogens is 350 g/mol. The SMILES string of the molecule is CCCCCc1nnc(NC(=O)C(Cc2ccccc2)n2cnnn2)s1. The summed E-state index contributed by atoms with van der Waals surface area (Å²) in [6.07, 6.45) is 6.24. The maximum atomic E-state index is 12.8. The van der Waals surface area contributed by atoms with Crippen molar-refractivity contribution in [3.8, 4) is 0 Å². The van der Waals surface area contributed by atoms with Crippen molar-refractivity contribution < 1.29 is 4.79 Å². The number of carbonyl (C=O) groups excluding carboxylic acids is 1. The standard InChI is InChI=1S/C17H21N7OS/c1-2-3-5-10-15-20-21-17(26-15)19-16(25)14(24-12-18-22-23-24)11-13-8-6-4-7-9-13/h4,6-9,12,14H,2-3,5,10-11H2,1H3,(H,19,21,25). The molecule has 0 saturated heterocycles. The van der Waals surface area contributed by atoms with E-state index in [-0.39, 0.29) is 5.91 Å². The first-order chi connectivity index (χ1) is 12.8. The second kappa shape index (κ2) is 9.14. The van der Waals surface area contributed by atoms with Crippen LogP contribution in [0.25, 0.3) is 0 Å². The molecule has 136 valence electrons. The normalized spacial score (nSPS) is 12.0. The molecule has 0 aliphatic heterocycles. The van der Waals surface area contributed by atoms with E-state index in [4.69, 9.17) is 0 Å². The smallest absolute Gasteiger partial charge is 0.251 e. The summed E-state index contributed by atoms with van der Waals surface area (Å²) in [6, 6.07) is 9.22. The van der Waals surface area contributed by atoms with E-state index < -0.39 is 6.04 Å². The zero-order valence-corrected chi connectivity index (χ0v) is 15.4. The average Bonchev–Trinajstić information content (AvgIpc) is 3.33. The molecule has 0 radical (unpaired) electrons. The van der Waals surface area contributed by atoms with E-state index in [2.05, 4.69) is 38.0 Å². The third kappa shape index (κ3) is 4.92. The molecular formula is C17H21N7OS. The van der Waals surface area contributed by atoms with E-state index in [1.807, 2.05) is 30.3 Å². The predicted molar refractivity (Wildman–Crippen MR) is 98.8 cm³/mol. The van der Waals surface area contributed by atoms with Gasteiger partial charge in [-0.2, -0.15) is 0 Å². The van der Waals surface area contributed by atoms with Gasteiger partial charge in [-0.15, -0.1) is 15.3 Å². The Balaban J connectivity index is 1.68. The molecule has 1 aromatic carbocycles. The number of tetrazole rings is 1. The highest BCUT2D eigenvalue weighted by Crippen LogP contribution is 2.20.